The van der Waals surface area contributed by atoms with E-state index in [1.165, 1.54) is 4.68 Å². The number of nitrogens with zero attached hydrogens (tertiary/aromatic N) is 5. The Morgan fingerprint density at radius 3 is 2.58 bits per heavy atom. The van der Waals surface area contributed by atoms with Crippen molar-refractivity contribution in [3.63, 3.8) is 0 Å². The predicted octanol–water partition coefficient (Wildman–Crippen LogP) is 0.496. The average Bonchev–Trinajstić information content (AvgIpc) is 2.98. The lowest BCUT2D eigenvalue weighted by Gasteiger charge is -2.45. The second-order valence-corrected chi connectivity index (χ2v) is 7.68. The molecule has 2 aromatic heterocycles. The SMILES string of the molecule is CCc1cc2c(=O)n(CC(=O)N(C)[C@H]3C[C@@](C)(O)C3)nc(N(C)C)n2c1. The van der Waals surface area contributed by atoms with Gasteiger partial charge in [-0.1, -0.05) is 6.92 Å². The zero-order valence-corrected chi connectivity index (χ0v) is 16.1. The summed E-state index contributed by atoms with van der Waals surface area (Å²) in [6, 6.07) is 1.86. The van der Waals surface area contributed by atoms with Crippen LogP contribution >= 0.6 is 0 Å². The highest BCUT2D eigenvalue weighted by Gasteiger charge is 2.41. The van der Waals surface area contributed by atoms with Gasteiger partial charge in [-0.05, 0) is 37.8 Å². The number of fused-ring (bicyclic) bond motifs is 1. The topological polar surface area (TPSA) is 83.1 Å². The standard InChI is InChI=1S/C18H27N5O3/c1-6-12-7-14-16(25)23(19-17(20(3)4)22(14)10-12)11-15(24)21(5)13-8-18(2,26)9-13/h7,10,13,26H,6,8-9,11H2,1-5H3/t13-,18+. The Kier molecular flexibility index (Phi) is 4.56. The zero-order valence-electron chi connectivity index (χ0n) is 16.1. The molecule has 8 nitrogen and oxygen atoms in total. The van der Waals surface area contributed by atoms with Crippen molar-refractivity contribution in [2.75, 3.05) is 26.0 Å². The van der Waals surface area contributed by atoms with Crippen molar-refractivity contribution >= 4 is 17.4 Å². The van der Waals surface area contributed by atoms with Crippen molar-refractivity contribution in [1.29, 1.82) is 0 Å². The van der Waals surface area contributed by atoms with E-state index in [4.69, 9.17) is 0 Å². The maximum atomic E-state index is 12.8. The summed E-state index contributed by atoms with van der Waals surface area (Å²) >= 11 is 0. The third-order valence-electron chi connectivity index (χ3n) is 5.14. The number of aromatic nitrogens is 3. The highest BCUT2D eigenvalue weighted by Crippen LogP contribution is 2.34. The first-order chi connectivity index (χ1) is 12.1. The molecule has 0 unspecified atom stereocenters. The van der Waals surface area contributed by atoms with E-state index >= 15 is 0 Å². The van der Waals surface area contributed by atoms with Crippen LogP contribution in [0.2, 0.25) is 0 Å². The Balaban J connectivity index is 1.91. The van der Waals surface area contributed by atoms with Gasteiger partial charge in [0.25, 0.3) is 5.56 Å². The van der Waals surface area contributed by atoms with E-state index in [1.54, 1.807) is 23.3 Å². The molecule has 8 heteroatoms. The number of carbonyl (C=O) groups excluding carboxylic acids is 1. The van der Waals surface area contributed by atoms with Crippen LogP contribution in [-0.4, -0.2) is 62.9 Å². The summed E-state index contributed by atoms with van der Waals surface area (Å²) < 4.78 is 3.01. The van der Waals surface area contributed by atoms with Crippen molar-refractivity contribution in [3.8, 4) is 0 Å². The maximum absolute atomic E-state index is 12.8. The molecular weight excluding hydrogens is 334 g/mol. The smallest absolute Gasteiger partial charge is 0.291 e. The van der Waals surface area contributed by atoms with E-state index < -0.39 is 5.60 Å². The van der Waals surface area contributed by atoms with Crippen LogP contribution in [0.5, 0.6) is 0 Å². The normalized spacial score (nSPS) is 22.3. The maximum Gasteiger partial charge on any atom is 0.291 e. The van der Waals surface area contributed by atoms with Crippen LogP contribution in [0.1, 0.15) is 32.3 Å². The highest BCUT2D eigenvalue weighted by atomic mass is 16.3. The van der Waals surface area contributed by atoms with Crippen molar-refractivity contribution in [1.82, 2.24) is 19.1 Å². The molecule has 142 valence electrons. The molecular formula is C18H27N5O3. The molecule has 0 aromatic carbocycles. The van der Waals surface area contributed by atoms with E-state index in [1.807, 2.05) is 38.2 Å². The number of amides is 1. The molecule has 0 bridgehead atoms. The molecule has 1 amide bonds. The summed E-state index contributed by atoms with van der Waals surface area (Å²) in [5.41, 5.74) is 0.582. The number of aliphatic hydroxyl groups is 1. The van der Waals surface area contributed by atoms with Crippen molar-refractivity contribution in [2.24, 2.45) is 0 Å². The fourth-order valence-electron chi connectivity index (χ4n) is 3.46. The van der Waals surface area contributed by atoms with E-state index in [0.29, 0.717) is 24.3 Å². The molecule has 1 saturated carbocycles. The molecule has 26 heavy (non-hydrogen) atoms. The summed E-state index contributed by atoms with van der Waals surface area (Å²) in [7, 11) is 5.42. The fraction of sp³-hybridized carbons (Fsp3) is 0.611. The Morgan fingerprint density at radius 1 is 1.38 bits per heavy atom. The summed E-state index contributed by atoms with van der Waals surface area (Å²) in [5, 5.41) is 14.3. The van der Waals surface area contributed by atoms with Gasteiger partial charge in [-0.2, -0.15) is 0 Å². The van der Waals surface area contributed by atoms with Crippen LogP contribution in [0.3, 0.4) is 0 Å². The average molecular weight is 361 g/mol. The molecule has 1 N–H and O–H groups in total. The Hall–Kier alpha value is -2.35. The van der Waals surface area contributed by atoms with Gasteiger partial charge in [-0.3, -0.25) is 14.0 Å². The minimum Gasteiger partial charge on any atom is -0.390 e. The van der Waals surface area contributed by atoms with Crippen LogP contribution in [0.4, 0.5) is 5.95 Å². The number of rotatable bonds is 5. The van der Waals surface area contributed by atoms with Gasteiger partial charge in [0.15, 0.2) is 0 Å². The zero-order chi connectivity index (χ0) is 19.2. The summed E-state index contributed by atoms with van der Waals surface area (Å²) in [5.74, 6) is 0.415. The van der Waals surface area contributed by atoms with Crippen LogP contribution in [-0.2, 0) is 17.8 Å². The van der Waals surface area contributed by atoms with E-state index in [-0.39, 0.29) is 24.1 Å². The third kappa shape index (κ3) is 3.21. The molecule has 1 fully saturated rings. The lowest BCUT2D eigenvalue weighted by atomic mass is 9.76. The summed E-state index contributed by atoms with van der Waals surface area (Å²) in [4.78, 5) is 28.8. The van der Waals surface area contributed by atoms with Gasteiger partial charge in [-0.25, -0.2) is 4.68 Å². The quantitative estimate of drug-likeness (QED) is 0.838. The van der Waals surface area contributed by atoms with E-state index in [0.717, 1.165) is 12.0 Å². The van der Waals surface area contributed by atoms with Gasteiger partial charge in [-0.15, -0.1) is 5.10 Å². The van der Waals surface area contributed by atoms with Gasteiger partial charge < -0.3 is 14.9 Å². The van der Waals surface area contributed by atoms with Gasteiger partial charge in [0.05, 0.1) is 5.60 Å². The second-order valence-electron chi connectivity index (χ2n) is 7.68. The predicted molar refractivity (Wildman–Crippen MR) is 99.6 cm³/mol. The van der Waals surface area contributed by atoms with Crippen LogP contribution in [0, 0.1) is 0 Å². The number of likely N-dealkylation sites (N-methyl/N-ethyl adjacent to an activating group) is 1. The Labute approximate surface area is 152 Å². The molecule has 1 aliphatic carbocycles. The molecule has 1 aliphatic rings. The number of hydrogen-bond acceptors (Lipinski definition) is 5. The number of hydrogen-bond donors (Lipinski definition) is 1. The van der Waals surface area contributed by atoms with Gasteiger partial charge in [0.2, 0.25) is 11.9 Å². The van der Waals surface area contributed by atoms with Crippen LogP contribution < -0.4 is 10.5 Å². The first kappa shape index (κ1) is 18.4. The molecule has 2 aromatic rings. The largest absolute Gasteiger partial charge is 0.390 e. The van der Waals surface area contributed by atoms with Crippen LogP contribution in [0.15, 0.2) is 17.1 Å². The van der Waals surface area contributed by atoms with Crippen molar-refractivity contribution in [2.45, 2.75) is 51.3 Å². The highest BCUT2D eigenvalue weighted by molar-refractivity contribution is 5.76. The van der Waals surface area contributed by atoms with Gasteiger partial charge in [0.1, 0.15) is 12.1 Å². The van der Waals surface area contributed by atoms with E-state index in [2.05, 4.69) is 5.10 Å². The Bertz CT molecular complexity index is 888. The van der Waals surface area contributed by atoms with Crippen molar-refractivity contribution in [3.05, 3.63) is 28.2 Å². The summed E-state index contributed by atoms with van der Waals surface area (Å²) in [6.45, 7) is 3.68. The first-order valence-corrected chi connectivity index (χ1v) is 8.90. The van der Waals surface area contributed by atoms with Crippen molar-refractivity contribution < 1.29 is 9.90 Å². The molecule has 0 spiro atoms. The lowest BCUT2D eigenvalue weighted by molar-refractivity contribution is -0.141. The number of carbonyl (C=O) groups is 1. The molecule has 0 aliphatic heterocycles. The third-order valence-corrected chi connectivity index (χ3v) is 5.14. The molecule has 0 saturated heterocycles. The molecule has 0 radical (unpaired) electrons. The van der Waals surface area contributed by atoms with Gasteiger partial charge >= 0.3 is 0 Å². The Morgan fingerprint density at radius 2 is 2.04 bits per heavy atom. The summed E-state index contributed by atoms with van der Waals surface area (Å²) in [6.07, 6.45) is 3.83. The molecule has 0 atom stereocenters. The monoisotopic (exact) mass is 361 g/mol. The van der Waals surface area contributed by atoms with Gasteiger partial charge in [0, 0.05) is 33.4 Å². The van der Waals surface area contributed by atoms with Crippen LogP contribution in [0.25, 0.3) is 5.52 Å². The fourth-order valence-corrected chi connectivity index (χ4v) is 3.46. The minimum atomic E-state index is -0.701. The molecule has 3 rings (SSSR count). The van der Waals surface area contributed by atoms with E-state index in [9.17, 15) is 14.7 Å². The lowest BCUT2D eigenvalue weighted by Crippen LogP contribution is -2.54. The number of anilines is 1. The minimum absolute atomic E-state index is 0.00486. The first-order valence-electron chi connectivity index (χ1n) is 8.90. The molecule has 2 heterocycles. The number of aryl methyl sites for hydroxylation is 1. The second kappa shape index (κ2) is 6.42.